The fourth-order valence-corrected chi connectivity index (χ4v) is 1.18. The summed E-state index contributed by atoms with van der Waals surface area (Å²) in [5, 5.41) is 3.25. The zero-order valence-corrected chi connectivity index (χ0v) is 7.65. The van der Waals surface area contributed by atoms with Gasteiger partial charge >= 0.3 is 11.9 Å². The lowest BCUT2D eigenvalue weighted by molar-refractivity contribution is -0.145. The second kappa shape index (κ2) is 3.58. The normalized spacial score (nSPS) is 20.9. The number of aromatic nitrogens is 2. The van der Waals surface area contributed by atoms with Crippen LogP contribution < -0.4 is 5.76 Å². The maximum Gasteiger partial charge on any atom is 0.439 e. The van der Waals surface area contributed by atoms with Crippen LogP contribution in [0.15, 0.2) is 19.3 Å². The summed E-state index contributed by atoms with van der Waals surface area (Å²) >= 11 is 0. The molecule has 2 heterocycles. The highest BCUT2D eigenvalue weighted by Gasteiger charge is 2.41. The van der Waals surface area contributed by atoms with E-state index in [2.05, 4.69) is 24.6 Å². The molecule has 0 amide bonds. The van der Waals surface area contributed by atoms with Gasteiger partial charge in [0.05, 0.1) is 5.71 Å². The number of aliphatic imine (C=N–C) groups is 2. The van der Waals surface area contributed by atoms with Crippen LogP contribution in [0.4, 0.5) is 13.2 Å². The molecule has 0 bridgehead atoms. The molecular weight excluding hydrogens is 229 g/mol. The molecule has 0 fully saturated rings. The van der Waals surface area contributed by atoms with Gasteiger partial charge in [0.25, 0.3) is 0 Å². The van der Waals surface area contributed by atoms with E-state index in [1.165, 1.54) is 0 Å². The monoisotopic (exact) mass is 234 g/mol. The third-order valence-electron chi connectivity index (χ3n) is 1.94. The number of halogens is 3. The minimum absolute atomic E-state index is 0.0109. The zero-order chi connectivity index (χ0) is 11.8. The van der Waals surface area contributed by atoms with E-state index < -0.39 is 24.4 Å². The summed E-state index contributed by atoms with van der Waals surface area (Å²) < 4.78 is 41.2. The maximum absolute atomic E-state index is 12.4. The molecule has 1 aliphatic heterocycles. The van der Waals surface area contributed by atoms with Crippen molar-refractivity contribution >= 4 is 12.1 Å². The minimum Gasteiger partial charge on any atom is -0.296 e. The van der Waals surface area contributed by atoms with Crippen LogP contribution in [0.5, 0.6) is 0 Å². The molecule has 86 valence electrons. The molecule has 16 heavy (non-hydrogen) atoms. The first-order valence-corrected chi connectivity index (χ1v) is 4.18. The number of nitrogens with one attached hydrogen (secondary N) is 1. The van der Waals surface area contributed by atoms with Crippen molar-refractivity contribution in [1.82, 2.24) is 10.1 Å². The van der Waals surface area contributed by atoms with E-state index in [0.717, 1.165) is 6.34 Å². The Morgan fingerprint density at radius 2 is 2.25 bits per heavy atom. The third-order valence-corrected chi connectivity index (χ3v) is 1.94. The predicted octanol–water partition coefficient (Wildman–Crippen LogP) is 0.515. The Labute approximate surface area is 85.9 Å². The lowest BCUT2D eigenvalue weighted by atomic mass is 10.1. The topological polar surface area (TPSA) is 83.6 Å². The summed E-state index contributed by atoms with van der Waals surface area (Å²) in [5.74, 6) is -0.950. The van der Waals surface area contributed by atoms with Crippen molar-refractivity contribution in [2.75, 3.05) is 0 Å². The van der Waals surface area contributed by atoms with Crippen LogP contribution in [0, 0.1) is 0 Å². The first-order valence-electron chi connectivity index (χ1n) is 4.18. The van der Waals surface area contributed by atoms with Gasteiger partial charge in [-0.1, -0.05) is 5.16 Å². The average molecular weight is 234 g/mol. The van der Waals surface area contributed by atoms with Gasteiger partial charge in [0.2, 0.25) is 0 Å². The highest BCUT2D eigenvalue weighted by molar-refractivity contribution is 6.02. The second-order valence-corrected chi connectivity index (χ2v) is 3.05. The van der Waals surface area contributed by atoms with Gasteiger partial charge < -0.3 is 0 Å². The lowest BCUT2D eigenvalue weighted by Crippen LogP contribution is -2.32. The standard InChI is InChI=1S/C7H5F3N4O2/c8-7(9,10)4-1-3(11-2-12-4)5-13-6(15)16-14-5/h2,4H,1H2,(H,13,14,15). The van der Waals surface area contributed by atoms with E-state index in [1.54, 1.807) is 0 Å². The quantitative estimate of drug-likeness (QED) is 0.768. The number of rotatable bonds is 1. The molecule has 1 aromatic heterocycles. The van der Waals surface area contributed by atoms with E-state index in [1.807, 2.05) is 0 Å². The molecule has 1 atom stereocenters. The number of H-pyrrole nitrogens is 1. The zero-order valence-electron chi connectivity index (χ0n) is 7.65. The summed E-state index contributed by atoms with van der Waals surface area (Å²) in [5.41, 5.74) is -0.0109. The highest BCUT2D eigenvalue weighted by Crippen LogP contribution is 2.27. The minimum atomic E-state index is -4.44. The Balaban J connectivity index is 2.23. The number of hydrogen-bond donors (Lipinski definition) is 1. The molecule has 9 heteroatoms. The largest absolute Gasteiger partial charge is 0.439 e. The van der Waals surface area contributed by atoms with Crippen LogP contribution in [0.25, 0.3) is 0 Å². The van der Waals surface area contributed by atoms with Crippen LogP contribution in [0.2, 0.25) is 0 Å². The van der Waals surface area contributed by atoms with E-state index in [9.17, 15) is 18.0 Å². The predicted molar refractivity (Wildman–Crippen MR) is 46.6 cm³/mol. The molecule has 0 radical (unpaired) electrons. The molecule has 2 rings (SSSR count). The number of alkyl halides is 3. The summed E-state index contributed by atoms with van der Waals surface area (Å²) in [6.45, 7) is 0. The molecule has 1 aliphatic rings. The van der Waals surface area contributed by atoms with Crippen LogP contribution >= 0.6 is 0 Å². The van der Waals surface area contributed by atoms with Crippen LogP contribution in [-0.4, -0.2) is 34.4 Å². The smallest absolute Gasteiger partial charge is 0.296 e. The summed E-state index contributed by atoms with van der Waals surface area (Å²) in [7, 11) is 0. The molecule has 0 aromatic carbocycles. The summed E-state index contributed by atoms with van der Waals surface area (Å²) in [6, 6.07) is -1.86. The van der Waals surface area contributed by atoms with Crippen LogP contribution in [0.3, 0.4) is 0 Å². The van der Waals surface area contributed by atoms with Crippen LogP contribution in [-0.2, 0) is 0 Å². The van der Waals surface area contributed by atoms with Gasteiger partial charge in [-0.05, 0) is 0 Å². The number of aromatic amines is 1. The average Bonchev–Trinajstić information content (AvgIpc) is 2.64. The van der Waals surface area contributed by atoms with Gasteiger partial charge in [-0.2, -0.15) is 13.2 Å². The maximum atomic E-state index is 12.4. The molecule has 1 aromatic rings. The van der Waals surface area contributed by atoms with Crippen molar-refractivity contribution < 1.29 is 17.7 Å². The number of nitrogens with zero attached hydrogens (tertiary/aromatic N) is 3. The fraction of sp³-hybridized carbons (Fsp3) is 0.429. The first kappa shape index (κ1) is 10.6. The summed E-state index contributed by atoms with van der Waals surface area (Å²) in [4.78, 5) is 19.5. The molecule has 1 N–H and O–H groups in total. The van der Waals surface area contributed by atoms with E-state index in [0.29, 0.717) is 0 Å². The van der Waals surface area contributed by atoms with Gasteiger partial charge in [-0.3, -0.25) is 14.5 Å². The molecule has 6 nitrogen and oxygen atoms in total. The molecule has 1 unspecified atom stereocenters. The molecule has 0 saturated heterocycles. The number of hydrogen-bond acceptors (Lipinski definition) is 5. The van der Waals surface area contributed by atoms with E-state index >= 15 is 0 Å². The molecule has 0 spiro atoms. The molecular formula is C7H5F3N4O2. The van der Waals surface area contributed by atoms with Crippen molar-refractivity contribution in [3.8, 4) is 0 Å². The van der Waals surface area contributed by atoms with Gasteiger partial charge in [0.1, 0.15) is 6.34 Å². The second-order valence-electron chi connectivity index (χ2n) is 3.05. The Morgan fingerprint density at radius 1 is 1.50 bits per heavy atom. The Morgan fingerprint density at radius 3 is 2.81 bits per heavy atom. The van der Waals surface area contributed by atoms with Gasteiger partial charge in [-0.15, -0.1) is 0 Å². The van der Waals surface area contributed by atoms with Crippen LogP contribution in [0.1, 0.15) is 12.2 Å². The Bertz CT molecular complexity index is 498. The van der Waals surface area contributed by atoms with Crippen molar-refractivity contribution in [2.24, 2.45) is 9.98 Å². The Hall–Kier alpha value is -1.93. The first-order chi connectivity index (χ1) is 7.47. The SMILES string of the molecule is O=c1[nH]c(C2=NC=NC(C(F)(F)F)C2)no1. The molecule has 0 aliphatic carbocycles. The van der Waals surface area contributed by atoms with E-state index in [-0.39, 0.29) is 11.5 Å². The third kappa shape index (κ3) is 2.02. The van der Waals surface area contributed by atoms with Crippen molar-refractivity contribution in [2.45, 2.75) is 18.6 Å². The lowest BCUT2D eigenvalue weighted by Gasteiger charge is -2.17. The van der Waals surface area contributed by atoms with Crippen molar-refractivity contribution in [1.29, 1.82) is 0 Å². The molecule has 0 saturated carbocycles. The van der Waals surface area contributed by atoms with Gasteiger partial charge in [0.15, 0.2) is 11.9 Å². The van der Waals surface area contributed by atoms with Crippen molar-refractivity contribution in [3.05, 3.63) is 16.4 Å². The van der Waals surface area contributed by atoms with Gasteiger partial charge in [0, 0.05) is 6.42 Å². The van der Waals surface area contributed by atoms with Crippen molar-refractivity contribution in [3.63, 3.8) is 0 Å². The highest BCUT2D eigenvalue weighted by atomic mass is 19.4. The fourth-order valence-electron chi connectivity index (χ4n) is 1.18. The summed E-state index contributed by atoms with van der Waals surface area (Å²) in [6.07, 6.45) is -4.12. The Kier molecular flexibility index (Phi) is 2.37. The van der Waals surface area contributed by atoms with E-state index in [4.69, 9.17) is 0 Å². The van der Waals surface area contributed by atoms with Gasteiger partial charge in [-0.25, -0.2) is 9.79 Å².